The summed E-state index contributed by atoms with van der Waals surface area (Å²) in [5.41, 5.74) is 0.541. The van der Waals surface area contributed by atoms with Crippen LogP contribution in [0.5, 0.6) is 0 Å². The fraction of sp³-hybridized carbons (Fsp3) is 0.231. The molecule has 0 radical (unpaired) electrons. The monoisotopic (exact) mass is 215 g/mol. The van der Waals surface area contributed by atoms with E-state index in [1.54, 1.807) is 24.3 Å². The first kappa shape index (κ1) is 12.0. The first-order chi connectivity index (χ1) is 7.65. The zero-order chi connectivity index (χ0) is 12.0. The smallest absolute Gasteiger partial charge is 0.255 e. The molecule has 1 aromatic carbocycles. The van der Waals surface area contributed by atoms with Crippen LogP contribution in [0.2, 0.25) is 0 Å². The molecule has 0 atom stereocenters. The molecular formula is C13H13NO2. The highest BCUT2D eigenvalue weighted by Gasteiger charge is 2.15. The Morgan fingerprint density at radius 3 is 2.44 bits per heavy atom. The molecule has 1 amide bonds. The molecule has 3 heteroatoms. The topological polar surface area (TPSA) is 37.4 Å². The number of benzene rings is 1. The van der Waals surface area contributed by atoms with Gasteiger partial charge in [-0.25, -0.2) is 0 Å². The Bertz CT molecular complexity index is 417. The van der Waals surface area contributed by atoms with Gasteiger partial charge >= 0.3 is 0 Å². The second-order valence-electron chi connectivity index (χ2n) is 3.43. The third kappa shape index (κ3) is 3.25. The fourth-order valence-corrected chi connectivity index (χ4v) is 1.34. The molecule has 0 aliphatic rings. The van der Waals surface area contributed by atoms with Crippen molar-refractivity contribution in [2.45, 2.75) is 6.92 Å². The number of nitrogens with zero attached hydrogens (tertiary/aromatic N) is 1. The van der Waals surface area contributed by atoms with Crippen molar-refractivity contribution in [3.05, 3.63) is 35.9 Å². The van der Waals surface area contributed by atoms with Gasteiger partial charge in [0, 0.05) is 5.56 Å². The Morgan fingerprint density at radius 2 is 1.94 bits per heavy atom. The summed E-state index contributed by atoms with van der Waals surface area (Å²) in [6.07, 6.45) is 5.17. The Hall–Kier alpha value is -2.08. The van der Waals surface area contributed by atoms with Crippen LogP contribution in [-0.2, 0) is 4.79 Å². The van der Waals surface area contributed by atoms with Crippen LogP contribution in [-0.4, -0.2) is 29.7 Å². The number of terminal acetylenes is 1. The predicted molar refractivity (Wildman–Crippen MR) is 61.9 cm³/mol. The summed E-state index contributed by atoms with van der Waals surface area (Å²) in [5.74, 6) is 2.08. The largest absolute Gasteiger partial charge is 0.320 e. The molecule has 82 valence electrons. The lowest BCUT2D eigenvalue weighted by Crippen LogP contribution is -2.35. The van der Waals surface area contributed by atoms with Crippen molar-refractivity contribution < 1.29 is 9.59 Å². The van der Waals surface area contributed by atoms with E-state index < -0.39 is 0 Å². The molecule has 0 aliphatic carbocycles. The van der Waals surface area contributed by atoms with Gasteiger partial charge in [0.05, 0.1) is 13.1 Å². The third-order valence-electron chi connectivity index (χ3n) is 2.00. The molecule has 1 rings (SSSR count). The SMILES string of the molecule is C#CCN(CC(C)=O)C(=O)c1ccccc1. The summed E-state index contributed by atoms with van der Waals surface area (Å²) in [5, 5.41) is 0. The molecule has 0 N–H and O–H groups in total. The van der Waals surface area contributed by atoms with Crippen LogP contribution in [0.1, 0.15) is 17.3 Å². The van der Waals surface area contributed by atoms with Crippen LogP contribution in [0.15, 0.2) is 30.3 Å². The van der Waals surface area contributed by atoms with Crippen LogP contribution < -0.4 is 0 Å². The Kier molecular flexibility index (Phi) is 4.28. The van der Waals surface area contributed by atoms with E-state index in [-0.39, 0.29) is 24.8 Å². The van der Waals surface area contributed by atoms with Gasteiger partial charge in [-0.3, -0.25) is 9.59 Å². The second kappa shape index (κ2) is 5.72. The number of ketones is 1. The maximum Gasteiger partial charge on any atom is 0.255 e. The molecule has 0 unspecified atom stereocenters. The lowest BCUT2D eigenvalue weighted by molar-refractivity contribution is -0.117. The summed E-state index contributed by atoms with van der Waals surface area (Å²) in [6.45, 7) is 1.63. The lowest BCUT2D eigenvalue weighted by atomic mass is 10.2. The summed E-state index contributed by atoms with van der Waals surface area (Å²) >= 11 is 0. The van der Waals surface area contributed by atoms with E-state index in [2.05, 4.69) is 5.92 Å². The molecule has 0 aliphatic heterocycles. The predicted octanol–water partition coefficient (Wildman–Crippen LogP) is 1.35. The van der Waals surface area contributed by atoms with Crippen molar-refractivity contribution in [3.63, 3.8) is 0 Å². The molecule has 0 saturated carbocycles. The van der Waals surface area contributed by atoms with E-state index in [1.165, 1.54) is 11.8 Å². The summed E-state index contributed by atoms with van der Waals surface area (Å²) in [6, 6.07) is 8.77. The van der Waals surface area contributed by atoms with Crippen LogP contribution in [0, 0.1) is 12.3 Å². The van der Waals surface area contributed by atoms with Crippen molar-refractivity contribution in [2.24, 2.45) is 0 Å². The van der Waals surface area contributed by atoms with Crippen LogP contribution in [0.3, 0.4) is 0 Å². The van der Waals surface area contributed by atoms with Gasteiger partial charge in [-0.15, -0.1) is 6.42 Å². The molecule has 0 fully saturated rings. The fourth-order valence-electron chi connectivity index (χ4n) is 1.34. The molecule has 0 spiro atoms. The van der Waals surface area contributed by atoms with E-state index in [0.29, 0.717) is 5.56 Å². The Labute approximate surface area is 95.1 Å². The minimum absolute atomic E-state index is 0.0535. The van der Waals surface area contributed by atoms with E-state index >= 15 is 0 Å². The minimum Gasteiger partial charge on any atom is -0.320 e. The summed E-state index contributed by atoms with van der Waals surface area (Å²) in [4.78, 5) is 24.3. The van der Waals surface area contributed by atoms with Crippen molar-refractivity contribution >= 4 is 11.7 Å². The average Bonchev–Trinajstić information content (AvgIpc) is 2.28. The first-order valence-electron chi connectivity index (χ1n) is 4.92. The number of Topliss-reactive ketones (excluding diaryl/α,β-unsaturated/α-hetero) is 1. The van der Waals surface area contributed by atoms with E-state index in [9.17, 15) is 9.59 Å². The number of hydrogen-bond acceptors (Lipinski definition) is 2. The minimum atomic E-state index is -0.214. The summed E-state index contributed by atoms with van der Waals surface area (Å²) < 4.78 is 0. The van der Waals surface area contributed by atoms with E-state index in [4.69, 9.17) is 6.42 Å². The Balaban J connectivity index is 2.84. The number of hydrogen-bond donors (Lipinski definition) is 0. The lowest BCUT2D eigenvalue weighted by Gasteiger charge is -2.18. The highest BCUT2D eigenvalue weighted by atomic mass is 16.2. The Morgan fingerprint density at radius 1 is 1.31 bits per heavy atom. The normalized spacial score (nSPS) is 9.25. The van der Waals surface area contributed by atoms with Crippen molar-refractivity contribution in [1.29, 1.82) is 0 Å². The van der Waals surface area contributed by atoms with Crippen molar-refractivity contribution in [1.82, 2.24) is 4.90 Å². The molecule has 0 saturated heterocycles. The molecule has 0 aromatic heterocycles. The van der Waals surface area contributed by atoms with Crippen LogP contribution >= 0.6 is 0 Å². The molecule has 0 heterocycles. The summed E-state index contributed by atoms with van der Waals surface area (Å²) in [7, 11) is 0. The van der Waals surface area contributed by atoms with E-state index in [0.717, 1.165) is 0 Å². The average molecular weight is 215 g/mol. The highest BCUT2D eigenvalue weighted by molar-refractivity contribution is 5.96. The van der Waals surface area contributed by atoms with E-state index in [1.807, 2.05) is 6.07 Å². The van der Waals surface area contributed by atoms with Crippen LogP contribution in [0.25, 0.3) is 0 Å². The third-order valence-corrected chi connectivity index (χ3v) is 2.00. The van der Waals surface area contributed by atoms with Gasteiger partial charge in [-0.2, -0.15) is 0 Å². The molecule has 3 nitrogen and oxygen atoms in total. The number of carbonyl (C=O) groups excluding carboxylic acids is 2. The first-order valence-corrected chi connectivity index (χ1v) is 4.92. The zero-order valence-electron chi connectivity index (χ0n) is 9.14. The highest BCUT2D eigenvalue weighted by Crippen LogP contribution is 2.04. The molecule has 1 aromatic rings. The van der Waals surface area contributed by atoms with Gasteiger partial charge in [0.25, 0.3) is 5.91 Å². The number of rotatable bonds is 4. The quantitative estimate of drug-likeness (QED) is 0.711. The maximum atomic E-state index is 11.9. The standard InChI is InChI=1S/C13H13NO2/c1-3-9-14(10-11(2)15)13(16)12-7-5-4-6-8-12/h1,4-8H,9-10H2,2H3. The van der Waals surface area contributed by atoms with Crippen molar-refractivity contribution in [3.8, 4) is 12.3 Å². The second-order valence-corrected chi connectivity index (χ2v) is 3.43. The van der Waals surface area contributed by atoms with Crippen molar-refractivity contribution in [2.75, 3.05) is 13.1 Å². The van der Waals surface area contributed by atoms with Gasteiger partial charge in [0.1, 0.15) is 5.78 Å². The van der Waals surface area contributed by atoms with Gasteiger partial charge in [-0.1, -0.05) is 24.1 Å². The van der Waals surface area contributed by atoms with Gasteiger partial charge in [-0.05, 0) is 19.1 Å². The van der Waals surface area contributed by atoms with Gasteiger partial charge in [0.15, 0.2) is 0 Å². The maximum absolute atomic E-state index is 11.9. The zero-order valence-corrected chi connectivity index (χ0v) is 9.14. The van der Waals surface area contributed by atoms with Gasteiger partial charge in [0.2, 0.25) is 0 Å². The number of amides is 1. The molecule has 0 bridgehead atoms. The van der Waals surface area contributed by atoms with Crippen LogP contribution in [0.4, 0.5) is 0 Å². The number of carbonyl (C=O) groups is 2. The van der Waals surface area contributed by atoms with Gasteiger partial charge < -0.3 is 4.90 Å². The molecular weight excluding hydrogens is 202 g/mol. The molecule has 16 heavy (non-hydrogen) atoms.